The third-order valence-electron chi connectivity index (χ3n) is 4.96. The van der Waals surface area contributed by atoms with Crippen LogP contribution in [0, 0.1) is 17.8 Å². The summed E-state index contributed by atoms with van der Waals surface area (Å²) in [7, 11) is 0. The van der Waals surface area contributed by atoms with Gasteiger partial charge in [-0.3, -0.25) is 4.79 Å². The Hall–Kier alpha value is -2.37. The number of nitrogens with one attached hydrogen (secondary N) is 1. The molecule has 1 aromatic carbocycles. The van der Waals surface area contributed by atoms with Crippen LogP contribution < -0.4 is 11.2 Å². The number of esters is 1. The fourth-order valence-corrected chi connectivity index (χ4v) is 3.56. The quantitative estimate of drug-likeness (QED) is 0.463. The minimum atomic E-state index is -0.771. The van der Waals surface area contributed by atoms with Crippen LogP contribution in [0.25, 0.3) is 0 Å². The molecule has 3 unspecified atom stereocenters. The number of primary amides is 1. The van der Waals surface area contributed by atoms with Crippen LogP contribution in [-0.4, -0.2) is 23.8 Å². The number of carbonyl (C=O) groups is 2. The van der Waals surface area contributed by atoms with Gasteiger partial charge in [-0.25, -0.2) is 10.2 Å². The van der Waals surface area contributed by atoms with Gasteiger partial charge in [0, 0.05) is 0 Å². The van der Waals surface area contributed by atoms with Gasteiger partial charge in [0.25, 0.3) is 0 Å². The van der Waals surface area contributed by atoms with Crippen LogP contribution in [0.1, 0.15) is 52.0 Å². The molecule has 0 heterocycles. The van der Waals surface area contributed by atoms with Gasteiger partial charge in [0.1, 0.15) is 6.10 Å². The fraction of sp³-hybridized carbons (Fsp3) is 0.550. The van der Waals surface area contributed by atoms with E-state index in [-0.39, 0.29) is 18.5 Å². The summed E-state index contributed by atoms with van der Waals surface area (Å²) in [5, 5.41) is 3.99. The predicted molar refractivity (Wildman–Crippen MR) is 102 cm³/mol. The van der Waals surface area contributed by atoms with Gasteiger partial charge in [-0.15, -0.1) is 0 Å². The number of carbonyl (C=O) groups excluding carboxylic acids is 2. The molecule has 0 spiro atoms. The molecule has 3 N–H and O–H groups in total. The highest BCUT2D eigenvalue weighted by Crippen LogP contribution is 2.35. The minimum Gasteiger partial charge on any atom is -0.462 e. The van der Waals surface area contributed by atoms with E-state index in [1.165, 1.54) is 6.42 Å². The number of hydrogen-bond donors (Lipinski definition) is 2. The summed E-state index contributed by atoms with van der Waals surface area (Å²) in [5.41, 5.74) is 8.47. The molecule has 0 saturated heterocycles. The second-order valence-corrected chi connectivity index (χ2v) is 7.43. The Balaban J connectivity index is 2.08. The summed E-state index contributed by atoms with van der Waals surface area (Å²) in [4.78, 5) is 23.5. The van der Waals surface area contributed by atoms with E-state index in [4.69, 9.17) is 10.5 Å². The molecule has 1 aliphatic rings. The molecule has 1 aromatic rings. The molecule has 0 aliphatic heterocycles. The molecular weight excluding hydrogens is 330 g/mol. The van der Waals surface area contributed by atoms with E-state index in [1.54, 1.807) is 0 Å². The van der Waals surface area contributed by atoms with Crippen molar-refractivity contribution in [3.8, 4) is 0 Å². The van der Waals surface area contributed by atoms with E-state index >= 15 is 0 Å². The van der Waals surface area contributed by atoms with E-state index in [2.05, 4.69) is 31.3 Å². The molecule has 0 radical (unpaired) electrons. The van der Waals surface area contributed by atoms with Gasteiger partial charge < -0.3 is 10.5 Å². The maximum atomic E-state index is 12.6. The van der Waals surface area contributed by atoms with E-state index in [9.17, 15) is 9.59 Å². The number of nitrogens with two attached hydrogens (primary N) is 1. The Labute approximate surface area is 155 Å². The first kappa shape index (κ1) is 19.9. The van der Waals surface area contributed by atoms with Gasteiger partial charge in [-0.05, 0) is 36.2 Å². The van der Waals surface area contributed by atoms with E-state index < -0.39 is 6.03 Å². The van der Waals surface area contributed by atoms with Crippen molar-refractivity contribution in [2.75, 3.05) is 0 Å². The van der Waals surface area contributed by atoms with Gasteiger partial charge in [-0.2, -0.15) is 5.10 Å². The molecule has 3 atom stereocenters. The van der Waals surface area contributed by atoms with Crippen LogP contribution >= 0.6 is 0 Å². The highest BCUT2D eigenvalue weighted by molar-refractivity contribution is 6.09. The summed E-state index contributed by atoms with van der Waals surface area (Å²) in [6.07, 6.45) is 3.08. The van der Waals surface area contributed by atoms with Crippen molar-refractivity contribution in [1.82, 2.24) is 5.43 Å². The molecule has 6 heteroatoms. The monoisotopic (exact) mass is 359 g/mol. The molecule has 0 aromatic heterocycles. The van der Waals surface area contributed by atoms with E-state index in [1.807, 2.05) is 30.3 Å². The Morgan fingerprint density at radius 2 is 1.96 bits per heavy atom. The van der Waals surface area contributed by atoms with Crippen molar-refractivity contribution in [2.24, 2.45) is 28.6 Å². The summed E-state index contributed by atoms with van der Waals surface area (Å²) in [6, 6.07) is 8.45. The van der Waals surface area contributed by atoms with Crippen molar-refractivity contribution in [3.63, 3.8) is 0 Å². The first-order valence-corrected chi connectivity index (χ1v) is 9.23. The first-order valence-electron chi connectivity index (χ1n) is 9.23. The Kier molecular flexibility index (Phi) is 7.18. The van der Waals surface area contributed by atoms with Gasteiger partial charge in [0.2, 0.25) is 0 Å². The van der Waals surface area contributed by atoms with Crippen LogP contribution in [0.3, 0.4) is 0 Å². The van der Waals surface area contributed by atoms with Crippen molar-refractivity contribution < 1.29 is 14.3 Å². The Morgan fingerprint density at radius 1 is 1.27 bits per heavy atom. The molecule has 1 fully saturated rings. The van der Waals surface area contributed by atoms with Crippen molar-refractivity contribution in [3.05, 3.63) is 35.9 Å². The number of ether oxygens (including phenoxy) is 1. The lowest BCUT2D eigenvalue weighted by Gasteiger charge is -2.36. The second kappa shape index (κ2) is 9.36. The third kappa shape index (κ3) is 5.86. The van der Waals surface area contributed by atoms with Crippen molar-refractivity contribution >= 4 is 17.7 Å². The lowest BCUT2D eigenvalue weighted by Crippen LogP contribution is -2.36. The largest absolute Gasteiger partial charge is 0.462 e. The van der Waals surface area contributed by atoms with Crippen LogP contribution in [0.5, 0.6) is 0 Å². The molecule has 26 heavy (non-hydrogen) atoms. The average Bonchev–Trinajstić information content (AvgIpc) is 2.59. The highest BCUT2D eigenvalue weighted by atomic mass is 16.5. The molecule has 2 amide bonds. The second-order valence-electron chi connectivity index (χ2n) is 7.43. The van der Waals surface area contributed by atoms with Gasteiger partial charge >= 0.3 is 12.0 Å². The SMILES string of the molecule is CC1CCC(C(C)C)C(OC(=O)CC(=NNC(N)=O)c2ccccc2)C1. The van der Waals surface area contributed by atoms with E-state index in [0.717, 1.165) is 18.4 Å². The molecule has 6 nitrogen and oxygen atoms in total. The van der Waals surface area contributed by atoms with Crippen molar-refractivity contribution in [2.45, 2.75) is 52.6 Å². The Bertz CT molecular complexity index is 643. The number of amides is 2. The molecule has 1 saturated carbocycles. The summed E-state index contributed by atoms with van der Waals surface area (Å²) in [5.74, 6) is 1.08. The van der Waals surface area contributed by atoms with Crippen molar-refractivity contribution in [1.29, 1.82) is 0 Å². The van der Waals surface area contributed by atoms with Gasteiger partial charge in [0.15, 0.2) is 0 Å². The number of urea groups is 1. The van der Waals surface area contributed by atoms with Crippen LogP contribution in [0.15, 0.2) is 35.4 Å². The lowest BCUT2D eigenvalue weighted by molar-refractivity contribution is -0.154. The number of rotatable bonds is 6. The van der Waals surface area contributed by atoms with Gasteiger partial charge in [0.05, 0.1) is 12.1 Å². The Morgan fingerprint density at radius 3 is 2.58 bits per heavy atom. The number of hydrogen-bond acceptors (Lipinski definition) is 4. The third-order valence-corrected chi connectivity index (χ3v) is 4.96. The summed E-state index contributed by atoms with van der Waals surface area (Å²) < 4.78 is 5.83. The molecule has 0 bridgehead atoms. The zero-order valence-corrected chi connectivity index (χ0v) is 15.8. The number of benzene rings is 1. The lowest BCUT2D eigenvalue weighted by atomic mass is 9.75. The zero-order chi connectivity index (χ0) is 19.1. The molecular formula is C20H29N3O3. The maximum Gasteiger partial charge on any atom is 0.332 e. The maximum absolute atomic E-state index is 12.6. The van der Waals surface area contributed by atoms with Gasteiger partial charge in [-0.1, -0.05) is 57.5 Å². The van der Waals surface area contributed by atoms with Crippen LogP contribution in [0.4, 0.5) is 4.79 Å². The smallest absolute Gasteiger partial charge is 0.332 e. The average molecular weight is 359 g/mol. The zero-order valence-electron chi connectivity index (χ0n) is 15.8. The highest BCUT2D eigenvalue weighted by Gasteiger charge is 2.33. The molecule has 142 valence electrons. The van der Waals surface area contributed by atoms with E-state index in [0.29, 0.717) is 23.5 Å². The first-order chi connectivity index (χ1) is 12.4. The number of hydrazone groups is 1. The number of nitrogens with zero attached hydrogens (tertiary/aromatic N) is 1. The predicted octanol–water partition coefficient (Wildman–Crippen LogP) is 3.45. The fourth-order valence-electron chi connectivity index (χ4n) is 3.56. The minimum absolute atomic E-state index is 0.0139. The standard InChI is InChI=1S/C20H29N3O3/c1-13(2)16-10-9-14(3)11-18(16)26-19(24)12-17(22-23-20(21)25)15-7-5-4-6-8-15/h4-8,13-14,16,18H,9-12H2,1-3H3,(H3,21,23,25). The molecule has 2 rings (SSSR count). The van der Waals surface area contributed by atoms with Crippen LogP contribution in [-0.2, 0) is 9.53 Å². The van der Waals surface area contributed by atoms with Crippen LogP contribution in [0.2, 0.25) is 0 Å². The summed E-state index contributed by atoms with van der Waals surface area (Å²) in [6.45, 7) is 6.55. The molecule has 1 aliphatic carbocycles. The normalized spacial score (nSPS) is 23.5. The summed E-state index contributed by atoms with van der Waals surface area (Å²) >= 11 is 0. The topological polar surface area (TPSA) is 93.8 Å².